The van der Waals surface area contributed by atoms with E-state index in [2.05, 4.69) is 4.74 Å². The lowest BCUT2D eigenvalue weighted by atomic mass is 10.1. The lowest BCUT2D eigenvalue weighted by molar-refractivity contribution is -0.274. The van der Waals surface area contributed by atoms with Crippen molar-refractivity contribution in [2.24, 2.45) is 17.3 Å². The number of carboxylic acid groups (broad SMARTS) is 1. The van der Waals surface area contributed by atoms with Crippen molar-refractivity contribution < 1.29 is 27.8 Å². The molecule has 0 heterocycles. The molecule has 8 heteroatoms. The van der Waals surface area contributed by atoms with Gasteiger partial charge in [0.2, 0.25) is 0 Å². The first-order valence-electron chi connectivity index (χ1n) is 6.48. The van der Waals surface area contributed by atoms with Gasteiger partial charge < -0.3 is 9.84 Å². The number of allylic oxidation sites excluding steroid dienone is 1. The standard InChI is InChI=1S/C15H14ClF3O3.ClH/c1-14(2)10(12(14)13(20)21)7-11(16)8-3-5-9(6-4-8)22-15(17,18)19;/h3-7,10,12H,1-2H3,(H,20,21);1H. The predicted octanol–water partition coefficient (Wildman–Crippen LogP) is 4.94. The van der Waals surface area contributed by atoms with Crippen LogP contribution >= 0.6 is 24.0 Å². The van der Waals surface area contributed by atoms with E-state index in [0.29, 0.717) is 10.6 Å². The van der Waals surface area contributed by atoms with E-state index in [0.717, 1.165) is 12.1 Å². The summed E-state index contributed by atoms with van der Waals surface area (Å²) in [6.07, 6.45) is -3.10. The number of benzene rings is 1. The van der Waals surface area contributed by atoms with Crippen LogP contribution in [-0.2, 0) is 4.79 Å². The monoisotopic (exact) mass is 370 g/mol. The van der Waals surface area contributed by atoms with Crippen molar-refractivity contribution in [2.45, 2.75) is 20.2 Å². The number of rotatable bonds is 4. The van der Waals surface area contributed by atoms with Gasteiger partial charge >= 0.3 is 12.3 Å². The Morgan fingerprint density at radius 2 is 1.83 bits per heavy atom. The minimum absolute atomic E-state index is 0. The fourth-order valence-electron chi connectivity index (χ4n) is 2.53. The van der Waals surface area contributed by atoms with Gasteiger partial charge in [-0.1, -0.05) is 31.5 Å². The summed E-state index contributed by atoms with van der Waals surface area (Å²) in [7, 11) is 0. The Morgan fingerprint density at radius 3 is 2.22 bits per heavy atom. The van der Waals surface area contributed by atoms with E-state index >= 15 is 0 Å². The lowest BCUT2D eigenvalue weighted by Crippen LogP contribution is -2.16. The largest absolute Gasteiger partial charge is 0.573 e. The number of aliphatic carboxylic acids is 1. The Kier molecular flexibility index (Phi) is 5.65. The second-order valence-electron chi connectivity index (χ2n) is 5.75. The van der Waals surface area contributed by atoms with Crippen molar-refractivity contribution in [1.29, 1.82) is 0 Å². The van der Waals surface area contributed by atoms with Crippen molar-refractivity contribution in [3.05, 3.63) is 35.9 Å². The van der Waals surface area contributed by atoms with Gasteiger partial charge in [0.25, 0.3) is 0 Å². The number of carbonyl (C=O) groups is 1. The first-order valence-corrected chi connectivity index (χ1v) is 6.86. The van der Waals surface area contributed by atoms with Crippen molar-refractivity contribution in [1.82, 2.24) is 0 Å². The second kappa shape index (κ2) is 6.61. The molecule has 0 amide bonds. The summed E-state index contributed by atoms with van der Waals surface area (Å²) in [6.45, 7) is 3.66. The minimum atomic E-state index is -4.74. The van der Waals surface area contributed by atoms with E-state index in [1.807, 2.05) is 13.8 Å². The smallest absolute Gasteiger partial charge is 0.481 e. The van der Waals surface area contributed by atoms with Gasteiger partial charge in [-0.05, 0) is 41.2 Å². The summed E-state index contributed by atoms with van der Waals surface area (Å²) in [5.41, 5.74) is 0.119. The normalized spacial score (nSPS) is 23.0. The van der Waals surface area contributed by atoms with Gasteiger partial charge in [-0.3, -0.25) is 4.79 Å². The average molecular weight is 371 g/mol. The Balaban J connectivity index is 0.00000264. The maximum absolute atomic E-state index is 12.1. The molecule has 0 aliphatic heterocycles. The molecular formula is C15H15Cl2F3O3. The zero-order valence-corrected chi connectivity index (χ0v) is 13.8. The first kappa shape index (κ1) is 19.6. The van der Waals surface area contributed by atoms with Crippen molar-refractivity contribution in [2.75, 3.05) is 0 Å². The predicted molar refractivity (Wildman–Crippen MR) is 82.6 cm³/mol. The molecule has 1 N–H and O–H groups in total. The van der Waals surface area contributed by atoms with Gasteiger partial charge in [0, 0.05) is 5.03 Å². The number of carboxylic acids is 1. The third-order valence-electron chi connectivity index (χ3n) is 3.87. The highest BCUT2D eigenvalue weighted by atomic mass is 35.5. The Morgan fingerprint density at radius 1 is 1.30 bits per heavy atom. The lowest BCUT2D eigenvalue weighted by Gasteiger charge is -2.09. The van der Waals surface area contributed by atoms with E-state index in [1.54, 1.807) is 6.08 Å². The molecule has 128 valence electrons. The summed E-state index contributed by atoms with van der Waals surface area (Å²) in [5.74, 6) is -1.93. The first-order chi connectivity index (χ1) is 10.0. The van der Waals surface area contributed by atoms with E-state index in [1.165, 1.54) is 12.1 Å². The topological polar surface area (TPSA) is 46.5 Å². The molecule has 0 spiro atoms. The van der Waals surface area contributed by atoms with Gasteiger partial charge in [-0.2, -0.15) is 0 Å². The SMILES string of the molecule is CC1(C)C(C=C(Cl)c2ccc(OC(F)(F)F)cc2)C1C(=O)O.Cl. The van der Waals surface area contributed by atoms with Crippen LogP contribution in [0.25, 0.3) is 5.03 Å². The van der Waals surface area contributed by atoms with E-state index in [-0.39, 0.29) is 29.5 Å². The number of halogens is 5. The third-order valence-corrected chi connectivity index (χ3v) is 4.21. The zero-order valence-electron chi connectivity index (χ0n) is 12.2. The zero-order chi connectivity index (χ0) is 16.7. The molecule has 1 fully saturated rings. The highest BCUT2D eigenvalue weighted by Crippen LogP contribution is 2.59. The van der Waals surface area contributed by atoms with Crippen LogP contribution in [0.1, 0.15) is 19.4 Å². The average Bonchev–Trinajstić information content (AvgIpc) is 2.89. The highest BCUT2D eigenvalue weighted by Gasteiger charge is 2.61. The van der Waals surface area contributed by atoms with Crippen LogP contribution in [0.3, 0.4) is 0 Å². The van der Waals surface area contributed by atoms with Crippen molar-refractivity contribution >= 4 is 35.0 Å². The second-order valence-corrected chi connectivity index (χ2v) is 6.16. The molecule has 0 bridgehead atoms. The quantitative estimate of drug-likeness (QED) is 0.815. The van der Waals surface area contributed by atoms with Crippen molar-refractivity contribution in [3.8, 4) is 5.75 Å². The number of ether oxygens (including phenoxy) is 1. The summed E-state index contributed by atoms with van der Waals surface area (Å²) in [6, 6.07) is 5.10. The van der Waals surface area contributed by atoms with Crippen LogP contribution in [0.5, 0.6) is 5.75 Å². The summed E-state index contributed by atoms with van der Waals surface area (Å²) in [4.78, 5) is 11.1. The van der Waals surface area contributed by atoms with Crippen LogP contribution in [0.4, 0.5) is 13.2 Å². The van der Waals surface area contributed by atoms with Gasteiger partial charge in [-0.15, -0.1) is 25.6 Å². The molecule has 1 aliphatic carbocycles. The molecule has 2 atom stereocenters. The van der Waals surface area contributed by atoms with Gasteiger partial charge in [-0.25, -0.2) is 0 Å². The number of hydrogen-bond acceptors (Lipinski definition) is 2. The summed E-state index contributed by atoms with van der Waals surface area (Å²) in [5, 5.41) is 9.40. The molecule has 1 aliphatic rings. The maximum Gasteiger partial charge on any atom is 0.573 e. The van der Waals surface area contributed by atoms with Crippen molar-refractivity contribution in [3.63, 3.8) is 0 Å². The maximum atomic E-state index is 12.1. The fraction of sp³-hybridized carbons (Fsp3) is 0.400. The fourth-order valence-corrected chi connectivity index (χ4v) is 2.79. The Bertz CT molecular complexity index is 609. The van der Waals surface area contributed by atoms with Crippen LogP contribution in [0.2, 0.25) is 0 Å². The molecule has 1 saturated carbocycles. The van der Waals surface area contributed by atoms with Crippen LogP contribution in [0.15, 0.2) is 30.3 Å². The third kappa shape index (κ3) is 4.54. The molecule has 2 rings (SSSR count). The molecule has 1 aromatic carbocycles. The molecule has 23 heavy (non-hydrogen) atoms. The van der Waals surface area contributed by atoms with E-state index < -0.39 is 18.2 Å². The van der Waals surface area contributed by atoms with E-state index in [4.69, 9.17) is 16.7 Å². The number of hydrogen-bond donors (Lipinski definition) is 1. The molecule has 3 nitrogen and oxygen atoms in total. The van der Waals surface area contributed by atoms with E-state index in [9.17, 15) is 18.0 Å². The molecule has 0 radical (unpaired) electrons. The summed E-state index contributed by atoms with van der Waals surface area (Å²) >= 11 is 6.13. The van der Waals surface area contributed by atoms with Gasteiger partial charge in [0.05, 0.1) is 5.92 Å². The van der Waals surface area contributed by atoms with Gasteiger partial charge in [0.15, 0.2) is 0 Å². The summed E-state index contributed by atoms with van der Waals surface area (Å²) < 4.78 is 40.0. The molecule has 0 saturated heterocycles. The molecular weight excluding hydrogens is 356 g/mol. The highest BCUT2D eigenvalue weighted by molar-refractivity contribution is 6.48. The Hall–Kier alpha value is -1.40. The van der Waals surface area contributed by atoms with Crippen LogP contribution in [0, 0.1) is 17.3 Å². The van der Waals surface area contributed by atoms with Crippen LogP contribution < -0.4 is 4.74 Å². The Labute approximate surface area is 142 Å². The minimum Gasteiger partial charge on any atom is -0.481 e. The number of alkyl halides is 3. The van der Waals surface area contributed by atoms with Gasteiger partial charge in [0.1, 0.15) is 5.75 Å². The molecule has 2 unspecified atom stereocenters. The molecule has 1 aromatic rings. The molecule has 0 aromatic heterocycles. The van der Waals surface area contributed by atoms with Crippen LogP contribution in [-0.4, -0.2) is 17.4 Å².